The van der Waals surface area contributed by atoms with Gasteiger partial charge in [0.15, 0.2) is 10.6 Å². The summed E-state index contributed by atoms with van der Waals surface area (Å²) < 4.78 is 43.6. The number of benzene rings is 1. The van der Waals surface area contributed by atoms with Crippen LogP contribution in [0.3, 0.4) is 0 Å². The molecule has 0 spiro atoms. The average Bonchev–Trinajstić information content (AvgIpc) is 3.40. The van der Waals surface area contributed by atoms with Gasteiger partial charge in [0.2, 0.25) is 15.9 Å². The second-order valence-corrected chi connectivity index (χ2v) is 9.11. The van der Waals surface area contributed by atoms with E-state index in [2.05, 4.69) is 20.2 Å². The Kier molecular flexibility index (Phi) is 5.96. The van der Waals surface area contributed by atoms with E-state index in [4.69, 9.17) is 12.2 Å². The van der Waals surface area contributed by atoms with Crippen molar-refractivity contribution >= 4 is 28.1 Å². The minimum atomic E-state index is -4.20. The van der Waals surface area contributed by atoms with Crippen LogP contribution in [-0.4, -0.2) is 35.1 Å². The molecular weight excluding hydrogens is 405 g/mol. The fourth-order valence-electron chi connectivity index (χ4n) is 2.83. The summed E-state index contributed by atoms with van der Waals surface area (Å²) in [5, 5.41) is 9.54. The quantitative estimate of drug-likeness (QED) is 0.559. The van der Waals surface area contributed by atoms with Gasteiger partial charge in [-0.15, -0.1) is 0 Å². The standard InChI is InChI=1S/C17H22FN5O3S2/c1-10(2)15(22-28(25,26)13-6-4-3-5-12(13)18)16(24)19-9-14-20-21-17(27)23(14)11-7-8-11/h3-6,10-11,15,22H,7-9H2,1-2H3,(H,19,24)(H,21,27)/t15-/m0/s1. The Balaban J connectivity index is 1.73. The minimum Gasteiger partial charge on any atom is -0.347 e. The maximum absolute atomic E-state index is 13.9. The molecule has 1 amide bonds. The Morgan fingerprint density at radius 1 is 1.39 bits per heavy atom. The highest BCUT2D eigenvalue weighted by atomic mass is 32.2. The maximum atomic E-state index is 13.9. The van der Waals surface area contributed by atoms with E-state index in [0.29, 0.717) is 16.6 Å². The van der Waals surface area contributed by atoms with Crippen molar-refractivity contribution in [2.24, 2.45) is 5.92 Å². The minimum absolute atomic E-state index is 0.104. The summed E-state index contributed by atoms with van der Waals surface area (Å²) in [7, 11) is -4.20. The number of carbonyl (C=O) groups is 1. The highest BCUT2D eigenvalue weighted by Crippen LogP contribution is 2.35. The van der Waals surface area contributed by atoms with E-state index in [1.165, 1.54) is 12.1 Å². The second kappa shape index (κ2) is 8.10. The van der Waals surface area contributed by atoms with E-state index in [1.807, 2.05) is 4.57 Å². The molecule has 1 aromatic heterocycles. The SMILES string of the molecule is CC(C)[C@H](NS(=O)(=O)c1ccccc1F)C(=O)NCc1n[nH]c(=S)n1C1CC1. The molecular formula is C17H22FN5O3S2. The molecule has 1 aliphatic carbocycles. The van der Waals surface area contributed by atoms with Gasteiger partial charge in [-0.3, -0.25) is 14.5 Å². The first-order valence-electron chi connectivity index (χ1n) is 8.91. The molecule has 2 aromatic rings. The number of H-pyrrole nitrogens is 1. The average molecular weight is 428 g/mol. The molecule has 0 radical (unpaired) electrons. The summed E-state index contributed by atoms with van der Waals surface area (Å²) in [6, 6.07) is 4.25. The van der Waals surface area contributed by atoms with Crippen molar-refractivity contribution < 1.29 is 17.6 Å². The van der Waals surface area contributed by atoms with Gasteiger partial charge in [-0.1, -0.05) is 26.0 Å². The molecule has 0 saturated heterocycles. The van der Waals surface area contributed by atoms with Crippen LogP contribution >= 0.6 is 12.2 Å². The van der Waals surface area contributed by atoms with Crippen LogP contribution in [0.4, 0.5) is 4.39 Å². The lowest BCUT2D eigenvalue weighted by molar-refractivity contribution is -0.123. The summed E-state index contributed by atoms with van der Waals surface area (Å²) in [5.41, 5.74) is 0. The molecule has 0 bridgehead atoms. The van der Waals surface area contributed by atoms with Gasteiger partial charge in [0, 0.05) is 6.04 Å². The van der Waals surface area contributed by atoms with Crippen LogP contribution < -0.4 is 10.0 Å². The molecule has 1 aromatic carbocycles. The number of sulfonamides is 1. The predicted octanol–water partition coefficient (Wildman–Crippen LogP) is 2.03. The van der Waals surface area contributed by atoms with Crippen LogP contribution in [-0.2, 0) is 21.4 Å². The molecule has 1 heterocycles. The highest BCUT2D eigenvalue weighted by Gasteiger charge is 2.31. The number of nitrogens with zero attached hydrogens (tertiary/aromatic N) is 2. The third-order valence-electron chi connectivity index (χ3n) is 4.47. The molecule has 0 unspecified atom stereocenters. The Morgan fingerprint density at radius 3 is 2.68 bits per heavy atom. The monoisotopic (exact) mass is 427 g/mol. The predicted molar refractivity (Wildman–Crippen MR) is 103 cm³/mol. The number of amides is 1. The topological polar surface area (TPSA) is 109 Å². The van der Waals surface area contributed by atoms with E-state index in [1.54, 1.807) is 13.8 Å². The van der Waals surface area contributed by atoms with Crippen molar-refractivity contribution in [1.82, 2.24) is 24.8 Å². The van der Waals surface area contributed by atoms with Crippen LogP contribution in [0, 0.1) is 16.5 Å². The Hall–Kier alpha value is -2.11. The van der Waals surface area contributed by atoms with Gasteiger partial charge >= 0.3 is 0 Å². The molecule has 1 fully saturated rings. The van der Waals surface area contributed by atoms with E-state index in [9.17, 15) is 17.6 Å². The first-order chi connectivity index (χ1) is 13.2. The van der Waals surface area contributed by atoms with Crippen molar-refractivity contribution in [1.29, 1.82) is 0 Å². The normalized spacial score (nSPS) is 15.6. The van der Waals surface area contributed by atoms with Crippen LogP contribution in [0.25, 0.3) is 0 Å². The Bertz CT molecular complexity index is 1030. The summed E-state index contributed by atoms with van der Waals surface area (Å²) in [5.74, 6) is -1.17. The molecule has 1 atom stereocenters. The van der Waals surface area contributed by atoms with Crippen LogP contribution in [0.2, 0.25) is 0 Å². The van der Waals surface area contributed by atoms with E-state index in [0.717, 1.165) is 25.0 Å². The molecule has 1 saturated carbocycles. The smallest absolute Gasteiger partial charge is 0.244 e. The molecule has 152 valence electrons. The number of hydrogen-bond donors (Lipinski definition) is 3. The molecule has 1 aliphatic rings. The second-order valence-electron chi connectivity index (χ2n) is 7.04. The maximum Gasteiger partial charge on any atom is 0.244 e. The van der Waals surface area contributed by atoms with E-state index >= 15 is 0 Å². The summed E-state index contributed by atoms with van der Waals surface area (Å²) in [6.07, 6.45) is 2.01. The number of nitrogens with one attached hydrogen (secondary N) is 3. The zero-order valence-corrected chi connectivity index (χ0v) is 17.1. The van der Waals surface area contributed by atoms with Crippen molar-refractivity contribution in [2.45, 2.75) is 50.2 Å². The summed E-state index contributed by atoms with van der Waals surface area (Å²) in [4.78, 5) is 12.2. The number of aromatic amines is 1. The summed E-state index contributed by atoms with van der Waals surface area (Å²) >= 11 is 5.21. The number of carbonyl (C=O) groups excluding carboxylic acids is 1. The van der Waals surface area contributed by atoms with Crippen LogP contribution in [0.1, 0.15) is 38.6 Å². The number of rotatable bonds is 8. The molecule has 3 rings (SSSR count). The van der Waals surface area contributed by atoms with Gasteiger partial charge < -0.3 is 5.32 Å². The number of hydrogen-bond acceptors (Lipinski definition) is 5. The molecule has 28 heavy (non-hydrogen) atoms. The van der Waals surface area contributed by atoms with Crippen molar-refractivity contribution in [2.75, 3.05) is 0 Å². The lowest BCUT2D eigenvalue weighted by Gasteiger charge is -2.21. The van der Waals surface area contributed by atoms with Gasteiger partial charge in [-0.05, 0) is 43.1 Å². The van der Waals surface area contributed by atoms with Gasteiger partial charge in [0.1, 0.15) is 16.8 Å². The van der Waals surface area contributed by atoms with Crippen molar-refractivity contribution in [3.63, 3.8) is 0 Å². The van der Waals surface area contributed by atoms with Gasteiger partial charge in [0.25, 0.3) is 0 Å². The highest BCUT2D eigenvalue weighted by molar-refractivity contribution is 7.89. The molecule has 11 heteroatoms. The third kappa shape index (κ3) is 4.47. The van der Waals surface area contributed by atoms with Crippen LogP contribution in [0.5, 0.6) is 0 Å². The van der Waals surface area contributed by atoms with Crippen molar-refractivity contribution in [3.05, 3.63) is 40.7 Å². The first kappa shape index (κ1) is 20.6. The first-order valence-corrected chi connectivity index (χ1v) is 10.8. The van der Waals surface area contributed by atoms with Gasteiger partial charge in [-0.2, -0.15) is 9.82 Å². The van der Waals surface area contributed by atoms with Gasteiger partial charge in [0.05, 0.1) is 6.54 Å². The molecule has 8 nitrogen and oxygen atoms in total. The third-order valence-corrected chi connectivity index (χ3v) is 6.23. The zero-order valence-electron chi connectivity index (χ0n) is 15.5. The van der Waals surface area contributed by atoms with E-state index in [-0.39, 0.29) is 12.5 Å². The van der Waals surface area contributed by atoms with E-state index < -0.39 is 32.7 Å². The molecule has 0 aliphatic heterocycles. The number of halogens is 1. The number of aromatic nitrogens is 3. The fraction of sp³-hybridized carbons (Fsp3) is 0.471. The van der Waals surface area contributed by atoms with Crippen molar-refractivity contribution in [3.8, 4) is 0 Å². The zero-order chi connectivity index (χ0) is 20.5. The Morgan fingerprint density at radius 2 is 2.07 bits per heavy atom. The lowest BCUT2D eigenvalue weighted by atomic mass is 10.1. The lowest BCUT2D eigenvalue weighted by Crippen LogP contribution is -2.49. The summed E-state index contributed by atoms with van der Waals surface area (Å²) in [6.45, 7) is 3.51. The Labute approximate surface area is 167 Å². The largest absolute Gasteiger partial charge is 0.347 e. The fourth-order valence-corrected chi connectivity index (χ4v) is 4.56. The van der Waals surface area contributed by atoms with Crippen LogP contribution in [0.15, 0.2) is 29.2 Å². The molecule has 3 N–H and O–H groups in total. The van der Waals surface area contributed by atoms with Gasteiger partial charge in [-0.25, -0.2) is 12.8 Å².